The number of hydrogen-bond donors (Lipinski definition) is 2. The minimum absolute atomic E-state index is 0.00870. The van der Waals surface area contributed by atoms with Crippen molar-refractivity contribution in [3.8, 4) is 5.75 Å². The highest BCUT2D eigenvalue weighted by atomic mass is 16.5. The summed E-state index contributed by atoms with van der Waals surface area (Å²) < 4.78 is 5.46. The van der Waals surface area contributed by atoms with Gasteiger partial charge in [-0.2, -0.15) is 0 Å². The molecule has 0 saturated carbocycles. The Morgan fingerprint density at radius 3 is 2.56 bits per heavy atom. The van der Waals surface area contributed by atoms with Crippen LogP contribution in [-0.2, 0) is 11.3 Å². The third kappa shape index (κ3) is 4.47. The highest BCUT2D eigenvalue weighted by Crippen LogP contribution is 2.20. The summed E-state index contributed by atoms with van der Waals surface area (Å²) in [6.45, 7) is 4.74. The van der Waals surface area contributed by atoms with E-state index in [9.17, 15) is 4.79 Å². The van der Waals surface area contributed by atoms with Gasteiger partial charge in [-0.05, 0) is 48.9 Å². The number of fused-ring (bicyclic) bond motifs is 1. The first-order valence-electron chi connectivity index (χ1n) is 9.23. The number of amides is 1. The summed E-state index contributed by atoms with van der Waals surface area (Å²) in [5, 5.41) is 5.33. The average Bonchev–Trinajstić information content (AvgIpc) is 2.67. The molecule has 4 nitrogen and oxygen atoms in total. The van der Waals surface area contributed by atoms with E-state index in [0.717, 1.165) is 39.2 Å². The second kappa shape index (κ2) is 8.23. The van der Waals surface area contributed by atoms with Crippen LogP contribution in [0.1, 0.15) is 18.1 Å². The van der Waals surface area contributed by atoms with E-state index in [1.807, 2.05) is 56.4 Å². The second-order valence-corrected chi connectivity index (χ2v) is 7.11. The Morgan fingerprint density at radius 2 is 1.81 bits per heavy atom. The molecule has 0 radical (unpaired) electrons. The molecule has 0 bridgehead atoms. The molecule has 2 N–H and O–H groups in total. The molecule has 0 fully saturated rings. The third-order valence-electron chi connectivity index (χ3n) is 5.05. The lowest BCUT2D eigenvalue weighted by Crippen LogP contribution is -3.12. The first-order valence-corrected chi connectivity index (χ1v) is 9.23. The van der Waals surface area contributed by atoms with Crippen LogP contribution < -0.4 is 15.0 Å². The van der Waals surface area contributed by atoms with Crippen LogP contribution in [0.25, 0.3) is 10.8 Å². The lowest BCUT2D eigenvalue weighted by atomic mass is 10.1. The molecule has 0 aromatic heterocycles. The summed E-state index contributed by atoms with van der Waals surface area (Å²) in [6.07, 6.45) is 0. The van der Waals surface area contributed by atoms with Crippen LogP contribution in [0, 0.1) is 6.92 Å². The predicted molar refractivity (Wildman–Crippen MR) is 110 cm³/mol. The van der Waals surface area contributed by atoms with E-state index < -0.39 is 0 Å². The number of anilines is 1. The molecule has 1 amide bonds. The maximum atomic E-state index is 12.7. The standard InChI is InChI=1S/C23H26N2O2/c1-16-9-12-22(27-4)20(13-16)15-25(3)17(2)23(26)24-21-11-10-18-7-5-6-8-19(18)14-21/h5-14,17H,15H2,1-4H3,(H,24,26)/p+1/t17-/m1/s1. The van der Waals surface area contributed by atoms with Crippen LogP contribution in [0.4, 0.5) is 5.69 Å². The Morgan fingerprint density at radius 1 is 1.07 bits per heavy atom. The fraction of sp³-hybridized carbons (Fsp3) is 0.261. The lowest BCUT2D eigenvalue weighted by Gasteiger charge is -2.22. The monoisotopic (exact) mass is 363 g/mol. The smallest absolute Gasteiger partial charge is 0.282 e. The first kappa shape index (κ1) is 18.9. The van der Waals surface area contributed by atoms with Crippen molar-refractivity contribution >= 4 is 22.4 Å². The van der Waals surface area contributed by atoms with Gasteiger partial charge in [0, 0.05) is 11.3 Å². The fourth-order valence-electron chi connectivity index (χ4n) is 3.24. The van der Waals surface area contributed by atoms with E-state index in [2.05, 4.69) is 30.4 Å². The topological polar surface area (TPSA) is 42.8 Å². The van der Waals surface area contributed by atoms with Gasteiger partial charge in [0.2, 0.25) is 0 Å². The Bertz CT molecular complexity index is 952. The van der Waals surface area contributed by atoms with Crippen molar-refractivity contribution in [1.29, 1.82) is 0 Å². The van der Waals surface area contributed by atoms with Crippen molar-refractivity contribution in [3.05, 3.63) is 71.8 Å². The molecule has 3 rings (SSSR count). The molecule has 140 valence electrons. The number of nitrogens with one attached hydrogen (secondary N) is 2. The van der Waals surface area contributed by atoms with Crippen LogP contribution in [0.5, 0.6) is 5.75 Å². The van der Waals surface area contributed by atoms with E-state index in [4.69, 9.17) is 4.74 Å². The summed E-state index contributed by atoms with van der Waals surface area (Å²) >= 11 is 0. The molecule has 4 heteroatoms. The van der Waals surface area contributed by atoms with Gasteiger partial charge in [-0.15, -0.1) is 0 Å². The number of aryl methyl sites for hydroxylation is 1. The Kier molecular flexibility index (Phi) is 5.77. The van der Waals surface area contributed by atoms with Crippen LogP contribution in [-0.4, -0.2) is 26.1 Å². The van der Waals surface area contributed by atoms with Gasteiger partial charge in [0.25, 0.3) is 5.91 Å². The Hall–Kier alpha value is -2.85. The van der Waals surface area contributed by atoms with Gasteiger partial charge in [-0.3, -0.25) is 4.79 Å². The van der Waals surface area contributed by atoms with Crippen LogP contribution in [0.15, 0.2) is 60.7 Å². The Balaban J connectivity index is 1.69. The fourth-order valence-corrected chi connectivity index (χ4v) is 3.24. The number of carbonyl (C=O) groups excluding carboxylic acids is 1. The molecule has 1 unspecified atom stereocenters. The summed E-state index contributed by atoms with van der Waals surface area (Å²) in [7, 11) is 3.71. The van der Waals surface area contributed by atoms with Crippen molar-refractivity contribution in [2.75, 3.05) is 19.5 Å². The van der Waals surface area contributed by atoms with Crippen molar-refractivity contribution < 1.29 is 14.4 Å². The van der Waals surface area contributed by atoms with Gasteiger partial charge < -0.3 is 15.0 Å². The number of hydrogen-bond acceptors (Lipinski definition) is 2. The van der Waals surface area contributed by atoms with Gasteiger partial charge in [0.05, 0.1) is 14.2 Å². The molecular formula is C23H27N2O2+. The second-order valence-electron chi connectivity index (χ2n) is 7.11. The third-order valence-corrected chi connectivity index (χ3v) is 5.05. The van der Waals surface area contributed by atoms with Crippen molar-refractivity contribution in [2.45, 2.75) is 26.4 Å². The van der Waals surface area contributed by atoms with Crippen LogP contribution in [0.2, 0.25) is 0 Å². The number of quaternary nitrogens is 1. The molecule has 2 atom stereocenters. The van der Waals surface area contributed by atoms with Gasteiger partial charge in [-0.25, -0.2) is 0 Å². The van der Waals surface area contributed by atoms with Gasteiger partial charge in [0.1, 0.15) is 12.3 Å². The van der Waals surface area contributed by atoms with E-state index in [0.29, 0.717) is 0 Å². The van der Waals surface area contributed by atoms with Gasteiger partial charge >= 0.3 is 0 Å². The largest absolute Gasteiger partial charge is 0.496 e. The molecule has 3 aromatic rings. The molecule has 0 saturated heterocycles. The van der Waals surface area contributed by atoms with Crippen molar-refractivity contribution in [1.82, 2.24) is 0 Å². The van der Waals surface area contributed by atoms with Crippen molar-refractivity contribution in [2.24, 2.45) is 0 Å². The van der Waals surface area contributed by atoms with Gasteiger partial charge in [0.15, 0.2) is 6.04 Å². The highest BCUT2D eigenvalue weighted by Gasteiger charge is 2.23. The zero-order chi connectivity index (χ0) is 19.4. The summed E-state index contributed by atoms with van der Waals surface area (Å²) in [5.74, 6) is 0.872. The Labute approximate surface area is 160 Å². The van der Waals surface area contributed by atoms with Gasteiger partial charge in [-0.1, -0.05) is 42.0 Å². The van der Waals surface area contributed by atoms with Crippen molar-refractivity contribution in [3.63, 3.8) is 0 Å². The first-order chi connectivity index (χ1) is 13.0. The number of benzene rings is 3. The minimum Gasteiger partial charge on any atom is -0.496 e. The van der Waals surface area contributed by atoms with E-state index in [1.165, 1.54) is 5.56 Å². The number of carbonyl (C=O) groups is 1. The van der Waals surface area contributed by atoms with Crippen LogP contribution >= 0.6 is 0 Å². The molecular weight excluding hydrogens is 336 g/mol. The summed E-state index contributed by atoms with van der Waals surface area (Å²) in [6, 6.07) is 20.1. The molecule has 0 heterocycles. The molecule has 0 spiro atoms. The summed E-state index contributed by atoms with van der Waals surface area (Å²) in [5.41, 5.74) is 3.12. The molecule has 0 aliphatic carbocycles. The van der Waals surface area contributed by atoms with E-state index >= 15 is 0 Å². The maximum Gasteiger partial charge on any atom is 0.282 e. The number of methoxy groups -OCH3 is 1. The predicted octanol–water partition coefficient (Wildman–Crippen LogP) is 3.20. The molecule has 27 heavy (non-hydrogen) atoms. The lowest BCUT2D eigenvalue weighted by molar-refractivity contribution is -0.907. The number of likely N-dealkylation sites (N-methyl/N-ethyl adjacent to an activating group) is 1. The molecule has 0 aliphatic rings. The number of rotatable bonds is 6. The average molecular weight is 363 g/mol. The van der Waals surface area contributed by atoms with Crippen LogP contribution in [0.3, 0.4) is 0 Å². The van der Waals surface area contributed by atoms with E-state index in [1.54, 1.807) is 7.11 Å². The summed E-state index contributed by atoms with van der Waals surface area (Å²) in [4.78, 5) is 13.8. The highest BCUT2D eigenvalue weighted by molar-refractivity contribution is 5.96. The minimum atomic E-state index is -0.193. The molecule has 3 aromatic carbocycles. The number of ether oxygens (including phenoxy) is 1. The maximum absolute atomic E-state index is 12.7. The van der Waals surface area contributed by atoms with E-state index in [-0.39, 0.29) is 11.9 Å². The quantitative estimate of drug-likeness (QED) is 0.706. The normalized spacial score (nSPS) is 13.2. The zero-order valence-electron chi connectivity index (χ0n) is 16.4. The zero-order valence-corrected chi connectivity index (χ0v) is 16.4. The SMILES string of the molecule is COc1ccc(C)cc1C[NH+](C)[C@H](C)C(=O)Nc1ccc2ccccc2c1. The molecule has 0 aliphatic heterocycles.